The second kappa shape index (κ2) is 6.17. The summed E-state index contributed by atoms with van der Waals surface area (Å²) in [6.07, 6.45) is 0. The maximum atomic E-state index is 4.58. The SMILES string of the molecule is CCNc1nc(C)nc(N(C)Cc2scnc2C)c1C. The van der Waals surface area contributed by atoms with Crippen molar-refractivity contribution < 1.29 is 0 Å². The summed E-state index contributed by atoms with van der Waals surface area (Å²) in [6.45, 7) is 9.77. The van der Waals surface area contributed by atoms with E-state index in [1.54, 1.807) is 11.3 Å². The molecule has 0 aliphatic carbocycles. The van der Waals surface area contributed by atoms with Gasteiger partial charge < -0.3 is 10.2 Å². The molecule has 20 heavy (non-hydrogen) atoms. The number of thiazole rings is 1. The van der Waals surface area contributed by atoms with Gasteiger partial charge in [-0.2, -0.15) is 0 Å². The van der Waals surface area contributed by atoms with Crippen LogP contribution in [0, 0.1) is 20.8 Å². The van der Waals surface area contributed by atoms with Crippen LogP contribution in [-0.4, -0.2) is 28.5 Å². The van der Waals surface area contributed by atoms with Crippen molar-refractivity contribution >= 4 is 23.0 Å². The Bertz CT molecular complexity index is 593. The van der Waals surface area contributed by atoms with E-state index in [0.29, 0.717) is 0 Å². The highest BCUT2D eigenvalue weighted by Crippen LogP contribution is 2.25. The number of nitrogens with one attached hydrogen (secondary N) is 1. The first kappa shape index (κ1) is 14.7. The third kappa shape index (κ3) is 3.07. The van der Waals surface area contributed by atoms with Crippen LogP contribution in [0.25, 0.3) is 0 Å². The van der Waals surface area contributed by atoms with Crippen LogP contribution < -0.4 is 10.2 Å². The number of anilines is 2. The topological polar surface area (TPSA) is 53.9 Å². The summed E-state index contributed by atoms with van der Waals surface area (Å²) < 4.78 is 0. The highest BCUT2D eigenvalue weighted by molar-refractivity contribution is 7.09. The van der Waals surface area contributed by atoms with Crippen LogP contribution in [0.4, 0.5) is 11.6 Å². The molecular weight excluding hydrogens is 270 g/mol. The number of aromatic nitrogens is 3. The van der Waals surface area contributed by atoms with Crippen LogP contribution in [-0.2, 0) is 6.54 Å². The van der Waals surface area contributed by atoms with E-state index >= 15 is 0 Å². The second-order valence-electron chi connectivity index (χ2n) is 4.82. The standard InChI is InChI=1S/C14H21N5S/c1-6-15-13-9(2)14(18-11(4)17-13)19(5)7-12-10(3)16-8-20-12/h8H,6-7H2,1-5H3,(H,15,17,18). The Morgan fingerprint density at radius 2 is 2.00 bits per heavy atom. The Hall–Kier alpha value is -1.69. The molecule has 2 aromatic heterocycles. The zero-order valence-corrected chi connectivity index (χ0v) is 13.5. The molecule has 0 spiro atoms. The average molecular weight is 291 g/mol. The van der Waals surface area contributed by atoms with Crippen molar-refractivity contribution in [3.63, 3.8) is 0 Å². The molecule has 0 fully saturated rings. The fourth-order valence-electron chi connectivity index (χ4n) is 2.09. The monoisotopic (exact) mass is 291 g/mol. The third-order valence-corrected chi connectivity index (χ3v) is 4.08. The van der Waals surface area contributed by atoms with Gasteiger partial charge in [0.15, 0.2) is 0 Å². The lowest BCUT2D eigenvalue weighted by atomic mass is 10.2. The molecule has 1 N–H and O–H groups in total. The molecule has 0 radical (unpaired) electrons. The maximum Gasteiger partial charge on any atom is 0.137 e. The van der Waals surface area contributed by atoms with Crippen molar-refractivity contribution in [2.45, 2.75) is 34.2 Å². The molecule has 0 atom stereocenters. The van der Waals surface area contributed by atoms with E-state index in [2.05, 4.69) is 46.1 Å². The summed E-state index contributed by atoms with van der Waals surface area (Å²) in [6, 6.07) is 0. The van der Waals surface area contributed by atoms with Gasteiger partial charge in [0.05, 0.1) is 17.7 Å². The van der Waals surface area contributed by atoms with Gasteiger partial charge in [0.1, 0.15) is 17.5 Å². The quantitative estimate of drug-likeness (QED) is 0.918. The zero-order chi connectivity index (χ0) is 14.7. The number of nitrogens with zero attached hydrogens (tertiary/aromatic N) is 4. The fraction of sp³-hybridized carbons (Fsp3) is 0.500. The first-order valence-corrected chi connectivity index (χ1v) is 7.60. The van der Waals surface area contributed by atoms with E-state index in [-0.39, 0.29) is 0 Å². The molecule has 0 saturated carbocycles. The van der Waals surface area contributed by atoms with Gasteiger partial charge >= 0.3 is 0 Å². The molecule has 0 aromatic carbocycles. The Morgan fingerprint density at radius 3 is 2.60 bits per heavy atom. The fourth-order valence-corrected chi connectivity index (χ4v) is 2.92. The Morgan fingerprint density at radius 1 is 1.25 bits per heavy atom. The van der Waals surface area contributed by atoms with Gasteiger partial charge in [-0.1, -0.05) is 0 Å². The number of aryl methyl sites for hydroxylation is 2. The Kier molecular flexibility index (Phi) is 4.54. The molecule has 5 nitrogen and oxygen atoms in total. The molecule has 108 valence electrons. The summed E-state index contributed by atoms with van der Waals surface area (Å²) >= 11 is 1.69. The van der Waals surface area contributed by atoms with Crippen molar-refractivity contribution in [1.29, 1.82) is 0 Å². The normalized spacial score (nSPS) is 10.7. The minimum Gasteiger partial charge on any atom is -0.370 e. The van der Waals surface area contributed by atoms with Crippen molar-refractivity contribution in [2.75, 3.05) is 23.8 Å². The van der Waals surface area contributed by atoms with Crippen LogP contribution >= 0.6 is 11.3 Å². The maximum absolute atomic E-state index is 4.58. The van der Waals surface area contributed by atoms with E-state index < -0.39 is 0 Å². The molecule has 2 rings (SSSR count). The minimum atomic E-state index is 0.787. The summed E-state index contributed by atoms with van der Waals surface area (Å²) in [5, 5.41) is 3.29. The smallest absolute Gasteiger partial charge is 0.137 e. The van der Waals surface area contributed by atoms with Crippen LogP contribution in [0.15, 0.2) is 5.51 Å². The van der Waals surface area contributed by atoms with E-state index in [1.165, 1.54) is 4.88 Å². The Labute approximate surface area is 124 Å². The van der Waals surface area contributed by atoms with Crippen molar-refractivity contribution in [2.24, 2.45) is 0 Å². The molecule has 0 amide bonds. The molecular formula is C14H21N5S. The van der Waals surface area contributed by atoms with E-state index in [9.17, 15) is 0 Å². The highest BCUT2D eigenvalue weighted by atomic mass is 32.1. The lowest BCUT2D eigenvalue weighted by Crippen LogP contribution is -2.20. The number of rotatable bonds is 5. The van der Waals surface area contributed by atoms with Crippen molar-refractivity contribution in [1.82, 2.24) is 15.0 Å². The third-order valence-electron chi connectivity index (χ3n) is 3.16. The van der Waals surface area contributed by atoms with Gasteiger partial charge in [0.25, 0.3) is 0 Å². The molecule has 0 aliphatic heterocycles. The first-order valence-electron chi connectivity index (χ1n) is 6.72. The molecule has 0 bridgehead atoms. The lowest BCUT2D eigenvalue weighted by Gasteiger charge is -2.21. The van der Waals surface area contributed by atoms with E-state index in [4.69, 9.17) is 0 Å². The van der Waals surface area contributed by atoms with Crippen molar-refractivity contribution in [3.05, 3.63) is 27.5 Å². The molecule has 0 unspecified atom stereocenters. The highest BCUT2D eigenvalue weighted by Gasteiger charge is 2.14. The zero-order valence-electron chi connectivity index (χ0n) is 12.7. The van der Waals surface area contributed by atoms with Gasteiger partial charge in [0, 0.05) is 24.0 Å². The predicted molar refractivity (Wildman–Crippen MR) is 84.6 cm³/mol. The van der Waals surface area contributed by atoms with E-state index in [0.717, 1.165) is 41.8 Å². The summed E-state index contributed by atoms with van der Waals surface area (Å²) in [5.41, 5.74) is 4.07. The predicted octanol–water partition coefficient (Wildman–Crippen LogP) is 2.93. The molecule has 2 aromatic rings. The average Bonchev–Trinajstić information content (AvgIpc) is 2.79. The summed E-state index contributed by atoms with van der Waals surface area (Å²) in [4.78, 5) is 16.8. The molecule has 2 heterocycles. The van der Waals surface area contributed by atoms with Gasteiger partial charge in [-0.05, 0) is 27.7 Å². The van der Waals surface area contributed by atoms with Crippen LogP contribution in [0.2, 0.25) is 0 Å². The molecule has 6 heteroatoms. The van der Waals surface area contributed by atoms with Gasteiger partial charge in [-0.25, -0.2) is 15.0 Å². The van der Waals surface area contributed by atoms with Gasteiger partial charge in [-0.15, -0.1) is 11.3 Å². The number of hydrogen-bond acceptors (Lipinski definition) is 6. The minimum absolute atomic E-state index is 0.787. The van der Waals surface area contributed by atoms with Crippen LogP contribution in [0.5, 0.6) is 0 Å². The van der Waals surface area contributed by atoms with E-state index in [1.807, 2.05) is 19.4 Å². The molecule has 0 aliphatic rings. The first-order chi connectivity index (χ1) is 9.52. The van der Waals surface area contributed by atoms with Crippen LogP contribution in [0.3, 0.4) is 0 Å². The van der Waals surface area contributed by atoms with Gasteiger partial charge in [-0.3, -0.25) is 0 Å². The lowest BCUT2D eigenvalue weighted by molar-refractivity contribution is 0.872. The van der Waals surface area contributed by atoms with Crippen molar-refractivity contribution in [3.8, 4) is 0 Å². The summed E-state index contributed by atoms with van der Waals surface area (Å²) in [5.74, 6) is 2.68. The summed E-state index contributed by atoms with van der Waals surface area (Å²) in [7, 11) is 2.06. The Balaban J connectivity index is 2.29. The van der Waals surface area contributed by atoms with Gasteiger partial charge in [0.2, 0.25) is 0 Å². The number of hydrogen-bond donors (Lipinski definition) is 1. The second-order valence-corrected chi connectivity index (χ2v) is 5.75. The van der Waals surface area contributed by atoms with Crippen LogP contribution in [0.1, 0.15) is 28.9 Å². The molecule has 0 saturated heterocycles. The largest absolute Gasteiger partial charge is 0.370 e.